The van der Waals surface area contributed by atoms with Crippen LogP contribution in [0.5, 0.6) is 0 Å². The summed E-state index contributed by atoms with van der Waals surface area (Å²) >= 11 is 0. The molecule has 2 aromatic heterocycles. The Bertz CT molecular complexity index is 1030. The molecule has 3 aromatic rings. The molecule has 1 aromatic carbocycles. The minimum absolute atomic E-state index is 0.281. The van der Waals surface area contributed by atoms with Crippen molar-refractivity contribution in [3.8, 4) is 0 Å². The van der Waals surface area contributed by atoms with Crippen molar-refractivity contribution in [1.29, 1.82) is 0 Å². The average Bonchev–Trinajstić information content (AvgIpc) is 3.23. The molecule has 1 fully saturated rings. The summed E-state index contributed by atoms with van der Waals surface area (Å²) in [6.45, 7) is 2.44. The summed E-state index contributed by atoms with van der Waals surface area (Å²) in [7, 11) is 1.82. The number of fused-ring (bicyclic) bond motifs is 1. The summed E-state index contributed by atoms with van der Waals surface area (Å²) in [4.78, 5) is 18.8. The number of carbonyl (C=O) groups is 1. The van der Waals surface area contributed by atoms with E-state index in [0.29, 0.717) is 24.2 Å². The number of nitrogens with one attached hydrogen (secondary N) is 1. The van der Waals surface area contributed by atoms with Gasteiger partial charge >= 0.3 is 6.03 Å². The van der Waals surface area contributed by atoms with Gasteiger partial charge in [-0.25, -0.2) is 18.6 Å². The largest absolute Gasteiger partial charge is 0.322 e. The van der Waals surface area contributed by atoms with E-state index in [4.69, 9.17) is 0 Å². The third kappa shape index (κ3) is 3.11. The second-order valence-corrected chi connectivity index (χ2v) is 6.76. The summed E-state index contributed by atoms with van der Waals surface area (Å²) in [5.74, 6) is -1.79. The highest BCUT2D eigenvalue weighted by molar-refractivity contribution is 5.92. The zero-order valence-corrected chi connectivity index (χ0v) is 15.0. The van der Waals surface area contributed by atoms with E-state index in [9.17, 15) is 13.6 Å². The van der Waals surface area contributed by atoms with Crippen molar-refractivity contribution in [1.82, 2.24) is 19.7 Å². The number of hydrogen-bond donors (Lipinski definition) is 1. The highest BCUT2D eigenvalue weighted by Crippen LogP contribution is 2.33. The van der Waals surface area contributed by atoms with Gasteiger partial charge in [0.05, 0.1) is 23.6 Å². The lowest BCUT2D eigenvalue weighted by Gasteiger charge is -2.25. The third-order valence-electron chi connectivity index (χ3n) is 4.96. The Morgan fingerprint density at radius 2 is 2.07 bits per heavy atom. The number of pyridine rings is 1. The first kappa shape index (κ1) is 17.4. The molecule has 0 radical (unpaired) electrons. The lowest BCUT2D eigenvalue weighted by Crippen LogP contribution is -2.34. The molecule has 1 saturated heterocycles. The molecule has 1 aliphatic heterocycles. The van der Waals surface area contributed by atoms with E-state index in [1.165, 1.54) is 6.07 Å². The molecule has 1 atom stereocenters. The van der Waals surface area contributed by atoms with Crippen LogP contribution in [0, 0.1) is 18.6 Å². The average molecular weight is 371 g/mol. The number of rotatable bonds is 2. The van der Waals surface area contributed by atoms with Crippen LogP contribution in [0.2, 0.25) is 0 Å². The van der Waals surface area contributed by atoms with Crippen molar-refractivity contribution in [2.75, 3.05) is 11.9 Å². The number of nitrogens with zero attached hydrogens (tertiary/aromatic N) is 4. The van der Waals surface area contributed by atoms with Crippen LogP contribution in [0.15, 0.2) is 30.5 Å². The molecule has 140 valence electrons. The number of aromatic nitrogens is 3. The monoisotopic (exact) mass is 371 g/mol. The predicted molar refractivity (Wildman–Crippen MR) is 97.3 cm³/mol. The quantitative estimate of drug-likeness (QED) is 0.743. The normalized spacial score (nSPS) is 16.9. The van der Waals surface area contributed by atoms with E-state index in [0.717, 1.165) is 35.3 Å². The first-order valence-corrected chi connectivity index (χ1v) is 8.76. The van der Waals surface area contributed by atoms with Gasteiger partial charge in [-0.2, -0.15) is 5.10 Å². The fourth-order valence-corrected chi connectivity index (χ4v) is 3.65. The highest BCUT2D eigenvalue weighted by Gasteiger charge is 2.30. The van der Waals surface area contributed by atoms with E-state index in [1.54, 1.807) is 15.8 Å². The second kappa shape index (κ2) is 6.61. The van der Waals surface area contributed by atoms with Gasteiger partial charge in [-0.05, 0) is 43.5 Å². The van der Waals surface area contributed by atoms with E-state index >= 15 is 0 Å². The number of urea groups is 1. The van der Waals surface area contributed by atoms with Gasteiger partial charge in [-0.3, -0.25) is 4.68 Å². The maximum Gasteiger partial charge on any atom is 0.322 e. The Morgan fingerprint density at radius 1 is 1.26 bits per heavy atom. The van der Waals surface area contributed by atoms with E-state index in [1.807, 2.05) is 20.0 Å². The van der Waals surface area contributed by atoms with Crippen LogP contribution in [0.4, 0.5) is 19.3 Å². The highest BCUT2D eigenvalue weighted by atomic mass is 19.2. The summed E-state index contributed by atoms with van der Waals surface area (Å²) in [6.07, 6.45) is 3.09. The van der Waals surface area contributed by atoms with Gasteiger partial charge < -0.3 is 10.2 Å². The Morgan fingerprint density at radius 3 is 2.85 bits per heavy atom. The van der Waals surface area contributed by atoms with Gasteiger partial charge in [0.2, 0.25) is 0 Å². The van der Waals surface area contributed by atoms with Gasteiger partial charge in [0.25, 0.3) is 0 Å². The number of carbonyl (C=O) groups excluding carboxylic acids is 1. The summed E-state index contributed by atoms with van der Waals surface area (Å²) in [5.41, 5.74) is 2.74. The molecule has 0 saturated carbocycles. The summed E-state index contributed by atoms with van der Waals surface area (Å²) in [5, 5.41) is 8.05. The molecule has 3 heterocycles. The number of benzene rings is 1. The molecule has 6 nitrogen and oxygen atoms in total. The van der Waals surface area contributed by atoms with Crippen LogP contribution in [-0.2, 0) is 7.05 Å². The van der Waals surface area contributed by atoms with Crippen molar-refractivity contribution in [3.63, 3.8) is 0 Å². The number of anilines is 1. The van der Waals surface area contributed by atoms with Crippen LogP contribution in [0.25, 0.3) is 11.0 Å². The Kier molecular flexibility index (Phi) is 4.25. The first-order chi connectivity index (χ1) is 12.9. The van der Waals surface area contributed by atoms with Crippen molar-refractivity contribution in [2.24, 2.45) is 7.05 Å². The number of halogens is 2. The van der Waals surface area contributed by atoms with Crippen LogP contribution in [0.3, 0.4) is 0 Å². The fourth-order valence-electron chi connectivity index (χ4n) is 3.65. The van der Waals surface area contributed by atoms with Crippen molar-refractivity contribution >= 4 is 22.8 Å². The minimum Gasteiger partial charge on any atom is -0.317 e. The standard InChI is InChI=1S/C19H19F2N5O/c1-11-14-9-13(10-22-18(14)25(2)24-11)23-19(27)26-7-3-4-17(26)12-5-6-15(20)16(21)8-12/h5-6,8-10,17H,3-4,7H2,1-2H3,(H,23,27). The zero-order chi connectivity index (χ0) is 19.1. The fraction of sp³-hybridized carbons (Fsp3) is 0.316. The Hall–Kier alpha value is -3.03. The van der Waals surface area contributed by atoms with Crippen molar-refractivity contribution in [2.45, 2.75) is 25.8 Å². The minimum atomic E-state index is -0.901. The maximum absolute atomic E-state index is 13.6. The molecule has 1 N–H and O–H groups in total. The molecule has 1 unspecified atom stereocenters. The molecular weight excluding hydrogens is 352 g/mol. The topological polar surface area (TPSA) is 63.1 Å². The Balaban J connectivity index is 1.56. The summed E-state index contributed by atoms with van der Waals surface area (Å²) in [6, 6.07) is 5.06. The lowest BCUT2D eigenvalue weighted by molar-refractivity contribution is 0.207. The van der Waals surface area contributed by atoms with Gasteiger partial charge in [0.1, 0.15) is 0 Å². The van der Waals surface area contributed by atoms with E-state index in [2.05, 4.69) is 15.4 Å². The zero-order valence-electron chi connectivity index (χ0n) is 15.0. The molecule has 0 spiro atoms. The molecule has 4 rings (SSSR count). The van der Waals surface area contributed by atoms with Crippen molar-refractivity contribution < 1.29 is 13.6 Å². The lowest BCUT2D eigenvalue weighted by atomic mass is 10.0. The second-order valence-electron chi connectivity index (χ2n) is 6.76. The first-order valence-electron chi connectivity index (χ1n) is 8.76. The molecule has 0 bridgehead atoms. The van der Waals surface area contributed by atoms with Gasteiger partial charge in [0.15, 0.2) is 17.3 Å². The number of aryl methyl sites for hydroxylation is 2. The van der Waals surface area contributed by atoms with Crippen LogP contribution in [0.1, 0.15) is 30.1 Å². The van der Waals surface area contributed by atoms with Gasteiger partial charge in [0, 0.05) is 19.0 Å². The maximum atomic E-state index is 13.6. The molecular formula is C19H19F2N5O. The smallest absolute Gasteiger partial charge is 0.317 e. The molecule has 2 amide bonds. The molecule has 27 heavy (non-hydrogen) atoms. The number of hydrogen-bond acceptors (Lipinski definition) is 3. The van der Waals surface area contributed by atoms with E-state index < -0.39 is 11.6 Å². The summed E-state index contributed by atoms with van der Waals surface area (Å²) < 4.78 is 28.5. The SMILES string of the molecule is Cc1nn(C)c2ncc(NC(=O)N3CCCC3c3ccc(F)c(F)c3)cc12. The predicted octanol–water partition coefficient (Wildman–Crippen LogP) is 3.92. The van der Waals surface area contributed by atoms with Crippen LogP contribution in [-0.4, -0.2) is 32.2 Å². The van der Waals surface area contributed by atoms with Crippen LogP contribution >= 0.6 is 0 Å². The number of likely N-dealkylation sites (tertiary alicyclic amines) is 1. The number of amides is 2. The van der Waals surface area contributed by atoms with Gasteiger partial charge in [-0.1, -0.05) is 6.07 Å². The molecule has 0 aliphatic carbocycles. The molecule has 1 aliphatic rings. The molecule has 8 heteroatoms. The van der Waals surface area contributed by atoms with E-state index in [-0.39, 0.29) is 12.1 Å². The van der Waals surface area contributed by atoms with Crippen LogP contribution < -0.4 is 5.32 Å². The third-order valence-corrected chi connectivity index (χ3v) is 4.96. The van der Waals surface area contributed by atoms with Gasteiger partial charge in [-0.15, -0.1) is 0 Å². The Labute approximate surface area is 154 Å². The van der Waals surface area contributed by atoms with Crippen molar-refractivity contribution in [3.05, 3.63) is 53.4 Å².